The van der Waals surface area contributed by atoms with Crippen LogP contribution in [-0.2, 0) is 12.4 Å². The topological polar surface area (TPSA) is 49.8 Å². The number of nitrogens with two attached hydrogens (primary N) is 1. The molecule has 1 aromatic rings. The van der Waals surface area contributed by atoms with E-state index >= 15 is 0 Å². The van der Waals surface area contributed by atoms with Gasteiger partial charge in [0, 0.05) is 6.04 Å². The summed E-state index contributed by atoms with van der Waals surface area (Å²) in [5.74, 6) is 0. The monoisotopic (exact) mass is 282 g/mol. The Bertz CT molecular complexity index is 465. The minimum absolute atomic E-state index is 0.0165. The summed E-state index contributed by atoms with van der Waals surface area (Å²) in [4.78, 5) is 0. The van der Waals surface area contributed by atoms with Crippen LogP contribution in [0.2, 0.25) is 0 Å². The van der Waals surface area contributed by atoms with Crippen LogP contribution in [0.1, 0.15) is 29.2 Å². The molecular formula is C11H8F6N2. The highest BCUT2D eigenvalue weighted by atomic mass is 19.4. The van der Waals surface area contributed by atoms with Gasteiger partial charge < -0.3 is 5.73 Å². The van der Waals surface area contributed by atoms with Gasteiger partial charge in [-0.1, -0.05) is 0 Å². The van der Waals surface area contributed by atoms with Crippen LogP contribution in [0.4, 0.5) is 26.3 Å². The number of hydrogen-bond donors (Lipinski definition) is 1. The molecule has 2 nitrogen and oxygen atoms in total. The highest BCUT2D eigenvalue weighted by molar-refractivity contribution is 5.35. The Morgan fingerprint density at radius 2 is 1.42 bits per heavy atom. The maximum absolute atomic E-state index is 12.5. The molecule has 1 atom stereocenters. The van der Waals surface area contributed by atoms with E-state index in [1.54, 1.807) is 6.07 Å². The Kier molecular flexibility index (Phi) is 4.10. The molecule has 0 aromatic heterocycles. The molecule has 0 heterocycles. The molecule has 0 aliphatic rings. The van der Waals surface area contributed by atoms with Crippen molar-refractivity contribution >= 4 is 0 Å². The van der Waals surface area contributed by atoms with Crippen molar-refractivity contribution in [2.75, 3.05) is 0 Å². The van der Waals surface area contributed by atoms with Crippen LogP contribution in [0, 0.1) is 11.3 Å². The standard InChI is InChI=1S/C11H8F6N2/c12-10(13,14)7-3-6(9(19)1-2-18)4-8(5-7)11(15,16)17/h3-5,9H,1,19H2/t9-/m0/s1. The highest BCUT2D eigenvalue weighted by Crippen LogP contribution is 2.37. The molecule has 1 aromatic carbocycles. The number of nitrogens with zero attached hydrogens (tertiary/aromatic N) is 1. The van der Waals surface area contributed by atoms with Gasteiger partial charge in [-0.25, -0.2) is 0 Å². The molecule has 2 N–H and O–H groups in total. The quantitative estimate of drug-likeness (QED) is 0.842. The van der Waals surface area contributed by atoms with Crippen molar-refractivity contribution in [3.05, 3.63) is 34.9 Å². The van der Waals surface area contributed by atoms with Crippen molar-refractivity contribution < 1.29 is 26.3 Å². The summed E-state index contributed by atoms with van der Waals surface area (Å²) in [6.07, 6.45) is -10.2. The zero-order valence-corrected chi connectivity index (χ0v) is 9.31. The van der Waals surface area contributed by atoms with E-state index in [0.29, 0.717) is 12.1 Å². The van der Waals surface area contributed by atoms with Gasteiger partial charge in [-0.15, -0.1) is 0 Å². The zero-order chi connectivity index (χ0) is 14.8. The molecular weight excluding hydrogens is 274 g/mol. The van der Waals surface area contributed by atoms with Gasteiger partial charge in [0.15, 0.2) is 0 Å². The minimum Gasteiger partial charge on any atom is -0.323 e. The smallest absolute Gasteiger partial charge is 0.323 e. The minimum atomic E-state index is -4.91. The number of alkyl halides is 6. The van der Waals surface area contributed by atoms with Gasteiger partial charge in [0.05, 0.1) is 23.6 Å². The molecule has 0 saturated heterocycles. The van der Waals surface area contributed by atoms with Crippen molar-refractivity contribution in [2.45, 2.75) is 24.8 Å². The van der Waals surface area contributed by atoms with E-state index in [9.17, 15) is 26.3 Å². The van der Waals surface area contributed by atoms with Crippen molar-refractivity contribution in [1.82, 2.24) is 0 Å². The van der Waals surface area contributed by atoms with E-state index in [4.69, 9.17) is 11.0 Å². The fraction of sp³-hybridized carbons (Fsp3) is 0.364. The third-order valence-electron chi connectivity index (χ3n) is 2.35. The van der Waals surface area contributed by atoms with Crippen LogP contribution in [0.3, 0.4) is 0 Å². The molecule has 19 heavy (non-hydrogen) atoms. The van der Waals surface area contributed by atoms with E-state index in [2.05, 4.69) is 0 Å². The summed E-state index contributed by atoms with van der Waals surface area (Å²) < 4.78 is 75.1. The van der Waals surface area contributed by atoms with Gasteiger partial charge in [0.1, 0.15) is 0 Å². The summed E-state index contributed by atoms with van der Waals surface area (Å²) in [7, 11) is 0. The van der Waals surface area contributed by atoms with E-state index < -0.39 is 29.5 Å². The molecule has 0 unspecified atom stereocenters. The first-order valence-corrected chi connectivity index (χ1v) is 4.97. The first kappa shape index (κ1) is 15.3. The molecule has 0 saturated carbocycles. The summed E-state index contributed by atoms with van der Waals surface area (Å²) in [6.45, 7) is 0. The molecule has 0 aliphatic carbocycles. The lowest BCUT2D eigenvalue weighted by Crippen LogP contribution is -2.16. The van der Waals surface area contributed by atoms with Crippen molar-refractivity contribution in [3.63, 3.8) is 0 Å². The van der Waals surface area contributed by atoms with Crippen LogP contribution >= 0.6 is 0 Å². The van der Waals surface area contributed by atoms with Crippen molar-refractivity contribution in [3.8, 4) is 6.07 Å². The Balaban J connectivity index is 3.38. The predicted octanol–water partition coefficient (Wildman–Crippen LogP) is 3.64. The van der Waals surface area contributed by atoms with Gasteiger partial charge in [-0.3, -0.25) is 0 Å². The van der Waals surface area contributed by atoms with Gasteiger partial charge in [-0.05, 0) is 23.8 Å². The highest BCUT2D eigenvalue weighted by Gasteiger charge is 2.37. The molecule has 1 rings (SSSR count). The molecule has 0 radical (unpaired) electrons. The largest absolute Gasteiger partial charge is 0.416 e. The number of nitriles is 1. The fourth-order valence-corrected chi connectivity index (χ4v) is 1.41. The Morgan fingerprint density at radius 1 is 1.00 bits per heavy atom. The maximum Gasteiger partial charge on any atom is 0.416 e. The second kappa shape index (κ2) is 5.09. The van der Waals surface area contributed by atoms with Crippen LogP contribution in [0.15, 0.2) is 18.2 Å². The van der Waals surface area contributed by atoms with Gasteiger partial charge >= 0.3 is 12.4 Å². The number of rotatable bonds is 2. The van der Waals surface area contributed by atoms with Gasteiger partial charge in [0.2, 0.25) is 0 Å². The Hall–Kier alpha value is -1.75. The summed E-state index contributed by atoms with van der Waals surface area (Å²) in [5.41, 5.74) is 2.12. The summed E-state index contributed by atoms with van der Waals surface area (Å²) in [6, 6.07) is 1.46. The molecule has 0 bridgehead atoms. The third kappa shape index (κ3) is 3.86. The average molecular weight is 282 g/mol. The lowest BCUT2D eigenvalue weighted by Gasteiger charge is -2.16. The van der Waals surface area contributed by atoms with Crippen molar-refractivity contribution in [1.29, 1.82) is 5.26 Å². The van der Waals surface area contributed by atoms with E-state index in [-0.39, 0.29) is 18.1 Å². The number of hydrogen-bond acceptors (Lipinski definition) is 2. The van der Waals surface area contributed by atoms with Crippen LogP contribution in [0.5, 0.6) is 0 Å². The first-order chi connectivity index (χ1) is 8.55. The van der Waals surface area contributed by atoms with Gasteiger partial charge in [-0.2, -0.15) is 31.6 Å². The number of halogens is 6. The summed E-state index contributed by atoms with van der Waals surface area (Å²) in [5, 5.41) is 8.38. The molecule has 8 heteroatoms. The first-order valence-electron chi connectivity index (χ1n) is 4.97. The van der Waals surface area contributed by atoms with Crippen LogP contribution < -0.4 is 5.73 Å². The van der Waals surface area contributed by atoms with E-state index in [1.807, 2.05) is 0 Å². The summed E-state index contributed by atoms with van der Waals surface area (Å²) >= 11 is 0. The van der Waals surface area contributed by atoms with E-state index in [0.717, 1.165) is 0 Å². The van der Waals surface area contributed by atoms with Crippen LogP contribution in [0.25, 0.3) is 0 Å². The van der Waals surface area contributed by atoms with Gasteiger partial charge in [0.25, 0.3) is 0 Å². The molecule has 104 valence electrons. The normalized spacial score (nSPS) is 14.0. The second-order valence-corrected chi connectivity index (χ2v) is 3.81. The maximum atomic E-state index is 12.5. The number of benzene rings is 1. The lowest BCUT2D eigenvalue weighted by atomic mass is 9.98. The zero-order valence-electron chi connectivity index (χ0n) is 9.31. The predicted molar refractivity (Wildman–Crippen MR) is 53.6 cm³/mol. The Morgan fingerprint density at radius 3 is 1.74 bits per heavy atom. The molecule has 0 aliphatic heterocycles. The molecule has 0 spiro atoms. The third-order valence-corrected chi connectivity index (χ3v) is 2.35. The second-order valence-electron chi connectivity index (χ2n) is 3.81. The average Bonchev–Trinajstić information content (AvgIpc) is 2.26. The lowest BCUT2D eigenvalue weighted by molar-refractivity contribution is -0.143. The van der Waals surface area contributed by atoms with Crippen molar-refractivity contribution in [2.24, 2.45) is 5.73 Å². The molecule has 0 fully saturated rings. The van der Waals surface area contributed by atoms with E-state index in [1.165, 1.54) is 0 Å². The molecule has 0 amide bonds. The fourth-order valence-electron chi connectivity index (χ4n) is 1.41. The van der Waals surface area contributed by atoms with Crippen LogP contribution in [-0.4, -0.2) is 0 Å². The SMILES string of the molecule is N#CC[C@H](N)c1cc(C(F)(F)F)cc(C(F)(F)F)c1. The Labute approximate surface area is 104 Å².